The van der Waals surface area contributed by atoms with Crippen molar-refractivity contribution in [3.63, 3.8) is 0 Å². The third-order valence-corrected chi connectivity index (χ3v) is 6.90. The first-order valence-electron chi connectivity index (χ1n) is 9.34. The molecule has 0 heterocycles. The van der Waals surface area contributed by atoms with E-state index in [2.05, 4.69) is 4.40 Å². The standard InChI is InChI=1S/C22H21NO5S2/c1-14(2)15-7-9-16(10-8-15)30(27,28)23-19-13-20(29-12-11-21(24)25)22(26)18-6-4-3-5-17(18)19/h3-10,13-14H,11-12H2,1-2H3,(H,24,25). The van der Waals surface area contributed by atoms with Gasteiger partial charge in [0.05, 0.1) is 21.9 Å². The van der Waals surface area contributed by atoms with Gasteiger partial charge in [0.15, 0.2) is 5.78 Å². The second-order valence-electron chi connectivity index (χ2n) is 7.05. The Morgan fingerprint density at radius 3 is 2.30 bits per heavy atom. The first-order chi connectivity index (χ1) is 14.2. The zero-order valence-electron chi connectivity index (χ0n) is 16.5. The molecule has 0 atom stereocenters. The smallest absolute Gasteiger partial charge is 0.304 e. The van der Waals surface area contributed by atoms with Crippen LogP contribution in [0.25, 0.3) is 0 Å². The maximum absolute atomic E-state index is 12.9. The average Bonchev–Trinajstić information content (AvgIpc) is 2.71. The van der Waals surface area contributed by atoms with Crippen LogP contribution in [0.2, 0.25) is 0 Å². The molecule has 0 bridgehead atoms. The lowest BCUT2D eigenvalue weighted by Gasteiger charge is -2.17. The minimum Gasteiger partial charge on any atom is -0.481 e. The number of rotatable bonds is 7. The van der Waals surface area contributed by atoms with Gasteiger partial charge in [0.25, 0.3) is 10.0 Å². The van der Waals surface area contributed by atoms with Crippen LogP contribution < -0.4 is 0 Å². The molecule has 0 radical (unpaired) electrons. The van der Waals surface area contributed by atoms with Crippen LogP contribution >= 0.6 is 11.8 Å². The van der Waals surface area contributed by atoms with Gasteiger partial charge in [-0.15, -0.1) is 11.8 Å². The van der Waals surface area contributed by atoms with E-state index in [0.717, 1.165) is 17.3 Å². The molecule has 0 saturated heterocycles. The summed E-state index contributed by atoms with van der Waals surface area (Å²) < 4.78 is 29.8. The number of ketones is 1. The van der Waals surface area contributed by atoms with Crippen LogP contribution in [0.4, 0.5) is 0 Å². The van der Waals surface area contributed by atoms with Crippen molar-refractivity contribution >= 4 is 39.2 Å². The molecule has 0 unspecified atom stereocenters. The van der Waals surface area contributed by atoms with Gasteiger partial charge in [-0.2, -0.15) is 12.8 Å². The van der Waals surface area contributed by atoms with Crippen LogP contribution in [0.5, 0.6) is 0 Å². The fourth-order valence-corrected chi connectivity index (χ4v) is 4.87. The lowest BCUT2D eigenvalue weighted by Crippen LogP contribution is -2.18. The molecular formula is C22H21NO5S2. The molecule has 8 heteroatoms. The molecule has 2 aromatic carbocycles. The van der Waals surface area contributed by atoms with Crippen LogP contribution in [0.1, 0.15) is 47.7 Å². The molecule has 156 valence electrons. The molecule has 0 amide bonds. The molecule has 0 fully saturated rings. The van der Waals surface area contributed by atoms with E-state index in [1.807, 2.05) is 13.8 Å². The predicted octanol–water partition coefficient (Wildman–Crippen LogP) is 4.28. The summed E-state index contributed by atoms with van der Waals surface area (Å²) in [5, 5.41) is 8.83. The molecule has 2 aromatic rings. The van der Waals surface area contributed by atoms with Crippen molar-refractivity contribution < 1.29 is 23.1 Å². The molecule has 1 aliphatic rings. The van der Waals surface area contributed by atoms with Crippen LogP contribution in [-0.4, -0.2) is 36.7 Å². The lowest BCUT2D eigenvalue weighted by molar-refractivity contribution is -0.136. The van der Waals surface area contributed by atoms with Crippen molar-refractivity contribution in [2.24, 2.45) is 4.40 Å². The highest BCUT2D eigenvalue weighted by atomic mass is 32.2. The van der Waals surface area contributed by atoms with Gasteiger partial charge in [0.2, 0.25) is 0 Å². The zero-order chi connectivity index (χ0) is 21.9. The number of allylic oxidation sites excluding steroid dienone is 2. The van der Waals surface area contributed by atoms with Crippen molar-refractivity contribution in [3.05, 3.63) is 76.2 Å². The van der Waals surface area contributed by atoms with Crippen LogP contribution in [0, 0.1) is 0 Å². The van der Waals surface area contributed by atoms with E-state index in [0.29, 0.717) is 11.1 Å². The highest BCUT2D eigenvalue weighted by Crippen LogP contribution is 2.30. The van der Waals surface area contributed by atoms with Crippen LogP contribution in [0.3, 0.4) is 0 Å². The van der Waals surface area contributed by atoms with Gasteiger partial charge >= 0.3 is 5.97 Å². The summed E-state index contributed by atoms with van der Waals surface area (Å²) in [6.45, 7) is 4.04. The number of sulfonamides is 1. The molecule has 1 N–H and O–H groups in total. The molecule has 30 heavy (non-hydrogen) atoms. The van der Waals surface area contributed by atoms with E-state index < -0.39 is 16.0 Å². The number of carboxylic acid groups (broad SMARTS) is 1. The number of aliphatic carboxylic acids is 1. The minimum absolute atomic E-state index is 0.0715. The summed E-state index contributed by atoms with van der Waals surface area (Å²) in [6, 6.07) is 13.3. The number of nitrogens with zero attached hydrogens (tertiary/aromatic N) is 1. The highest BCUT2D eigenvalue weighted by Gasteiger charge is 2.26. The Morgan fingerprint density at radius 2 is 1.70 bits per heavy atom. The Balaban J connectivity index is 2.01. The van der Waals surface area contributed by atoms with Crippen LogP contribution in [0.15, 0.2) is 68.8 Å². The fourth-order valence-electron chi connectivity index (χ4n) is 2.94. The summed E-state index contributed by atoms with van der Waals surface area (Å²) in [4.78, 5) is 23.9. The molecule has 0 saturated carbocycles. The van der Waals surface area contributed by atoms with Crippen molar-refractivity contribution in [1.82, 2.24) is 0 Å². The molecule has 6 nitrogen and oxygen atoms in total. The van der Waals surface area contributed by atoms with E-state index in [1.54, 1.807) is 36.4 Å². The fraction of sp³-hybridized carbons (Fsp3) is 0.227. The normalized spacial score (nSPS) is 15.2. The number of hydrogen-bond donors (Lipinski definition) is 1. The number of fused-ring (bicyclic) bond motifs is 1. The summed E-state index contributed by atoms with van der Waals surface area (Å²) in [5.74, 6) is -0.754. The van der Waals surface area contributed by atoms with Crippen molar-refractivity contribution in [2.45, 2.75) is 31.1 Å². The van der Waals surface area contributed by atoms with Crippen molar-refractivity contribution in [2.75, 3.05) is 5.75 Å². The number of Topliss-reactive ketones (excluding diaryl/α,β-unsaturated/α-hetero) is 1. The average molecular weight is 444 g/mol. The molecular weight excluding hydrogens is 422 g/mol. The topological polar surface area (TPSA) is 101 Å². The Bertz CT molecular complexity index is 1150. The number of benzene rings is 2. The summed E-state index contributed by atoms with van der Waals surface area (Å²) in [7, 11) is -3.99. The number of hydrogen-bond acceptors (Lipinski definition) is 5. The van der Waals surface area contributed by atoms with Crippen molar-refractivity contribution in [3.8, 4) is 0 Å². The third-order valence-electron chi connectivity index (χ3n) is 4.58. The minimum atomic E-state index is -3.99. The predicted molar refractivity (Wildman–Crippen MR) is 118 cm³/mol. The number of carbonyl (C=O) groups is 2. The molecule has 0 aromatic heterocycles. The molecule has 0 aliphatic heterocycles. The van der Waals surface area contributed by atoms with Gasteiger partial charge in [-0.05, 0) is 29.7 Å². The van der Waals surface area contributed by atoms with E-state index >= 15 is 0 Å². The Morgan fingerprint density at radius 1 is 1.07 bits per heavy atom. The quantitative estimate of drug-likeness (QED) is 0.686. The van der Waals surface area contributed by atoms with Crippen LogP contribution in [-0.2, 0) is 14.8 Å². The van der Waals surface area contributed by atoms with Crippen molar-refractivity contribution in [1.29, 1.82) is 0 Å². The Kier molecular flexibility index (Phi) is 6.58. The van der Waals surface area contributed by atoms with Gasteiger partial charge in [-0.3, -0.25) is 9.59 Å². The second kappa shape index (κ2) is 8.97. The van der Waals surface area contributed by atoms with E-state index in [9.17, 15) is 18.0 Å². The van der Waals surface area contributed by atoms with Gasteiger partial charge in [-0.25, -0.2) is 0 Å². The summed E-state index contributed by atoms with van der Waals surface area (Å²) in [6.07, 6.45) is 1.32. The highest BCUT2D eigenvalue weighted by molar-refractivity contribution is 8.04. The van der Waals surface area contributed by atoms with Gasteiger partial charge in [0.1, 0.15) is 0 Å². The number of thioether (sulfide) groups is 1. The summed E-state index contributed by atoms with van der Waals surface area (Å²) >= 11 is 1.08. The maximum atomic E-state index is 12.9. The summed E-state index contributed by atoms with van der Waals surface area (Å²) in [5.41, 5.74) is 1.97. The number of carbonyl (C=O) groups excluding carboxylic acids is 1. The zero-order valence-corrected chi connectivity index (χ0v) is 18.2. The van der Waals surface area contributed by atoms with E-state index in [1.165, 1.54) is 18.2 Å². The van der Waals surface area contributed by atoms with E-state index in [4.69, 9.17) is 5.11 Å². The SMILES string of the molecule is CC(C)c1ccc(S(=O)(=O)N=C2C=C(SCCC(=O)O)C(=O)c3ccccc32)cc1. The second-order valence-corrected chi connectivity index (χ2v) is 9.79. The Labute approximate surface area is 179 Å². The maximum Gasteiger partial charge on any atom is 0.304 e. The van der Waals surface area contributed by atoms with Gasteiger partial charge in [0, 0.05) is 16.9 Å². The molecule has 3 rings (SSSR count). The third kappa shape index (κ3) is 4.88. The lowest BCUT2D eigenvalue weighted by atomic mass is 9.94. The largest absolute Gasteiger partial charge is 0.481 e. The monoisotopic (exact) mass is 443 g/mol. The Hall–Kier alpha value is -2.71. The van der Waals surface area contributed by atoms with Gasteiger partial charge in [-0.1, -0.05) is 50.2 Å². The number of carboxylic acids is 1. The first-order valence-corrected chi connectivity index (χ1v) is 11.8. The first kappa shape index (κ1) is 22.0. The van der Waals surface area contributed by atoms with Gasteiger partial charge < -0.3 is 5.11 Å². The molecule has 0 spiro atoms. The molecule has 1 aliphatic carbocycles. The van der Waals surface area contributed by atoms with E-state index in [-0.39, 0.29) is 39.4 Å².